The van der Waals surface area contributed by atoms with Crippen LogP contribution in [0.4, 0.5) is 19.3 Å². The van der Waals surface area contributed by atoms with Crippen molar-refractivity contribution < 1.29 is 48.0 Å². The number of urea groups is 1. The van der Waals surface area contributed by atoms with E-state index in [1.54, 1.807) is 0 Å². The number of amides is 2. The number of phenols is 2. The third-order valence-corrected chi connectivity index (χ3v) is 5.41. The average Bonchev–Trinajstić information content (AvgIpc) is 3.19. The predicted octanol–water partition coefficient (Wildman–Crippen LogP) is 3.32. The van der Waals surface area contributed by atoms with E-state index in [1.165, 1.54) is 24.3 Å². The maximum absolute atomic E-state index is 14.4. The summed E-state index contributed by atoms with van der Waals surface area (Å²) in [6.45, 7) is -0.800. The predicted molar refractivity (Wildman–Crippen MR) is 125 cm³/mol. The highest BCUT2D eigenvalue weighted by Crippen LogP contribution is 2.37. The molecule has 192 valence electrons. The van der Waals surface area contributed by atoms with Gasteiger partial charge in [-0.2, -0.15) is 0 Å². The third-order valence-electron chi connectivity index (χ3n) is 5.41. The van der Waals surface area contributed by atoms with Crippen LogP contribution in [0.25, 0.3) is 11.0 Å². The van der Waals surface area contributed by atoms with Crippen LogP contribution in [0.5, 0.6) is 17.2 Å². The first-order valence-electron chi connectivity index (χ1n) is 10.7. The van der Waals surface area contributed by atoms with Crippen molar-refractivity contribution in [3.8, 4) is 17.2 Å². The fourth-order valence-corrected chi connectivity index (χ4v) is 3.72. The van der Waals surface area contributed by atoms with Gasteiger partial charge in [0.15, 0.2) is 11.9 Å². The van der Waals surface area contributed by atoms with Gasteiger partial charge in [-0.1, -0.05) is 0 Å². The van der Waals surface area contributed by atoms with Crippen LogP contribution in [0.3, 0.4) is 0 Å². The Morgan fingerprint density at radius 3 is 2.46 bits per heavy atom. The number of rotatable bonds is 8. The first kappa shape index (κ1) is 25.4. The number of carbonyl (C=O) groups is 2. The first-order valence-corrected chi connectivity index (χ1v) is 10.7. The summed E-state index contributed by atoms with van der Waals surface area (Å²) in [7, 11) is 0. The summed E-state index contributed by atoms with van der Waals surface area (Å²) in [5, 5.41) is 41.7. The summed E-state index contributed by atoms with van der Waals surface area (Å²) < 4.78 is 39.1. The Labute approximate surface area is 207 Å². The number of primary amides is 1. The molecule has 0 saturated heterocycles. The Bertz CT molecular complexity index is 1500. The summed E-state index contributed by atoms with van der Waals surface area (Å²) in [5.74, 6) is -3.92. The topological polar surface area (TPSA) is 175 Å². The zero-order valence-corrected chi connectivity index (χ0v) is 18.8. The van der Waals surface area contributed by atoms with Crippen molar-refractivity contribution in [3.63, 3.8) is 0 Å². The quantitative estimate of drug-likeness (QED) is 0.194. The maximum atomic E-state index is 14.4. The number of nitrogens with two attached hydrogens (primary N) is 1. The van der Waals surface area contributed by atoms with E-state index in [0.717, 1.165) is 24.3 Å². The molecule has 4 aromatic rings. The molecule has 1 aromatic heterocycles. The van der Waals surface area contributed by atoms with Gasteiger partial charge < -0.3 is 40.6 Å². The van der Waals surface area contributed by atoms with Gasteiger partial charge in [0.25, 0.3) is 0 Å². The summed E-state index contributed by atoms with van der Waals surface area (Å²) in [6, 6.07) is 8.91. The van der Waals surface area contributed by atoms with E-state index in [-0.39, 0.29) is 39.3 Å². The number of aromatic hydroxyl groups is 2. The van der Waals surface area contributed by atoms with Gasteiger partial charge in [-0.15, -0.1) is 0 Å². The Balaban J connectivity index is 1.77. The number of carbonyl (C=O) groups excluding carboxylic acids is 2. The van der Waals surface area contributed by atoms with Gasteiger partial charge in [-0.25, -0.2) is 13.6 Å². The number of ether oxygens (including phenoxy) is 1. The molecule has 2 unspecified atom stereocenters. The highest BCUT2D eigenvalue weighted by atomic mass is 19.1. The molecule has 3 aromatic carbocycles. The van der Waals surface area contributed by atoms with E-state index in [2.05, 4.69) is 5.32 Å². The SMILES string of the molecule is NC(=O)Nc1c(C(=O)c2ccc(O)cc2O)oc2cc(OC(c3ccc(F)cc3F)C(O)CO)ccc12. The van der Waals surface area contributed by atoms with Gasteiger partial charge in [0, 0.05) is 29.1 Å². The number of furan rings is 1. The minimum absolute atomic E-state index is 0.000292. The van der Waals surface area contributed by atoms with E-state index < -0.39 is 53.8 Å². The van der Waals surface area contributed by atoms with Crippen molar-refractivity contribution in [2.45, 2.75) is 12.2 Å². The van der Waals surface area contributed by atoms with Crippen LogP contribution >= 0.6 is 0 Å². The standard InChI is InChI=1S/C25H20F2N2O8/c26-11-1-4-14(17(27)7-11)23(19(33)10-30)36-13-3-6-16-20(9-13)37-24(21(16)29-25(28)35)22(34)15-5-2-12(31)8-18(15)32/h1-9,19,23,30-33H,10H2,(H3,28,29,35). The second-order valence-electron chi connectivity index (χ2n) is 7.94. The molecule has 2 atom stereocenters. The Kier molecular flexibility index (Phi) is 6.96. The fraction of sp³-hybridized carbons (Fsp3) is 0.120. The monoisotopic (exact) mass is 514 g/mol. The molecule has 0 fully saturated rings. The molecule has 2 amide bonds. The number of nitrogens with one attached hydrogen (secondary N) is 1. The number of phenolic OH excluding ortho intramolecular Hbond substituents is 2. The fourth-order valence-electron chi connectivity index (χ4n) is 3.72. The Morgan fingerprint density at radius 1 is 1.05 bits per heavy atom. The Morgan fingerprint density at radius 2 is 1.81 bits per heavy atom. The smallest absolute Gasteiger partial charge is 0.316 e. The van der Waals surface area contributed by atoms with Gasteiger partial charge in [0.1, 0.15) is 46.3 Å². The third kappa shape index (κ3) is 5.15. The van der Waals surface area contributed by atoms with Crippen LogP contribution in [-0.4, -0.2) is 45.0 Å². The number of hydrogen-bond donors (Lipinski definition) is 6. The number of ketones is 1. The minimum Gasteiger partial charge on any atom is -0.508 e. The molecule has 0 aliphatic carbocycles. The highest BCUT2D eigenvalue weighted by molar-refractivity contribution is 6.18. The van der Waals surface area contributed by atoms with Crippen LogP contribution in [-0.2, 0) is 0 Å². The number of benzene rings is 3. The average molecular weight is 514 g/mol. The molecule has 7 N–H and O–H groups in total. The van der Waals surface area contributed by atoms with E-state index in [9.17, 15) is 38.8 Å². The largest absolute Gasteiger partial charge is 0.508 e. The first-order chi connectivity index (χ1) is 17.6. The lowest BCUT2D eigenvalue weighted by Gasteiger charge is -2.23. The molecule has 12 heteroatoms. The number of anilines is 1. The Hall–Kier alpha value is -4.68. The van der Waals surface area contributed by atoms with E-state index in [1.807, 2.05) is 0 Å². The molecule has 4 rings (SSSR count). The second kappa shape index (κ2) is 10.1. The lowest BCUT2D eigenvalue weighted by atomic mass is 10.0. The summed E-state index contributed by atoms with van der Waals surface area (Å²) in [6.07, 6.45) is -3.04. The van der Waals surface area contributed by atoms with Crippen LogP contribution in [0.1, 0.15) is 27.8 Å². The second-order valence-corrected chi connectivity index (χ2v) is 7.94. The maximum Gasteiger partial charge on any atom is 0.316 e. The van der Waals surface area contributed by atoms with Gasteiger partial charge in [-0.3, -0.25) is 4.79 Å². The molecule has 0 spiro atoms. The van der Waals surface area contributed by atoms with Gasteiger partial charge in [-0.05, 0) is 36.4 Å². The molecule has 0 aliphatic heterocycles. The van der Waals surface area contributed by atoms with E-state index >= 15 is 0 Å². The van der Waals surface area contributed by atoms with Crippen molar-refractivity contribution in [1.82, 2.24) is 0 Å². The molecule has 37 heavy (non-hydrogen) atoms. The molecular weight excluding hydrogens is 494 g/mol. The van der Waals surface area contributed by atoms with Gasteiger partial charge in [0.2, 0.25) is 5.78 Å². The van der Waals surface area contributed by atoms with Crippen molar-refractivity contribution >= 4 is 28.5 Å². The number of hydrogen-bond acceptors (Lipinski definition) is 8. The van der Waals surface area contributed by atoms with Crippen molar-refractivity contribution in [1.29, 1.82) is 0 Å². The summed E-state index contributed by atoms with van der Waals surface area (Å²) in [4.78, 5) is 24.7. The van der Waals surface area contributed by atoms with E-state index in [4.69, 9.17) is 14.9 Å². The molecule has 0 radical (unpaired) electrons. The molecule has 0 saturated carbocycles. The van der Waals surface area contributed by atoms with Crippen molar-refractivity contribution in [2.75, 3.05) is 11.9 Å². The van der Waals surface area contributed by atoms with Crippen molar-refractivity contribution in [2.24, 2.45) is 5.73 Å². The van der Waals surface area contributed by atoms with Gasteiger partial charge >= 0.3 is 6.03 Å². The minimum atomic E-state index is -1.59. The molecule has 10 nitrogen and oxygen atoms in total. The van der Waals surface area contributed by atoms with Crippen molar-refractivity contribution in [3.05, 3.63) is 83.1 Å². The molecular formula is C25H20F2N2O8. The number of fused-ring (bicyclic) bond motifs is 1. The number of aliphatic hydroxyl groups excluding tert-OH is 2. The molecule has 1 heterocycles. The van der Waals surface area contributed by atoms with Gasteiger partial charge in [0.05, 0.1) is 12.2 Å². The van der Waals surface area contributed by atoms with E-state index in [0.29, 0.717) is 6.07 Å². The molecule has 0 bridgehead atoms. The summed E-state index contributed by atoms with van der Waals surface area (Å²) >= 11 is 0. The van der Waals surface area contributed by atoms with Crippen LogP contribution in [0.15, 0.2) is 59.0 Å². The normalized spacial score (nSPS) is 12.8. The number of aliphatic hydroxyl groups is 2. The number of halogens is 2. The molecule has 0 aliphatic rings. The summed E-state index contributed by atoms with van der Waals surface area (Å²) in [5.41, 5.74) is 4.67. The zero-order chi connectivity index (χ0) is 26.9. The lowest BCUT2D eigenvalue weighted by Crippen LogP contribution is -2.28. The van der Waals surface area contributed by atoms with Crippen LogP contribution in [0.2, 0.25) is 0 Å². The zero-order valence-electron chi connectivity index (χ0n) is 18.8. The lowest BCUT2D eigenvalue weighted by molar-refractivity contribution is -0.00342. The van der Waals surface area contributed by atoms with Crippen LogP contribution < -0.4 is 15.8 Å². The highest BCUT2D eigenvalue weighted by Gasteiger charge is 2.28. The van der Waals surface area contributed by atoms with Crippen LogP contribution in [0, 0.1) is 11.6 Å².